The lowest BCUT2D eigenvalue weighted by molar-refractivity contribution is -0.332. The molecule has 2 saturated heterocycles. The van der Waals surface area contributed by atoms with Crippen molar-refractivity contribution >= 4 is 11.9 Å². The van der Waals surface area contributed by atoms with Gasteiger partial charge in [0.1, 0.15) is 55.4 Å². The standard InChI is InChI=1S/C60H110O15/c1-3-5-7-9-11-13-15-17-19-21-23-24-25-27-29-31-33-35-37-39-41-43-52(63)73-48(45-70-51(62)42-40-38-36-34-32-30-28-26-22-20-18-16-14-12-10-8-6-4-2)46-71-59-58(69)56(67)54(65)50(75-59)47-72-60-57(68)55(66)53(64)49(44-61)74-60/h15,17,21,23,48-50,53-61,64-69H,3-14,16,18-20,22,24-47H2,1-2H3/b17-15-,23-21-. The molecule has 2 heterocycles. The third kappa shape index (κ3) is 33.9. The Balaban J connectivity index is 1.73. The van der Waals surface area contributed by atoms with Gasteiger partial charge in [-0.05, 0) is 44.9 Å². The number of unbranched alkanes of at least 4 members (excludes halogenated alkanes) is 31. The molecule has 2 rings (SSSR count). The van der Waals surface area contributed by atoms with Crippen molar-refractivity contribution in [3.8, 4) is 0 Å². The van der Waals surface area contributed by atoms with Gasteiger partial charge in [0, 0.05) is 12.8 Å². The van der Waals surface area contributed by atoms with Crippen LogP contribution in [0.1, 0.15) is 251 Å². The van der Waals surface area contributed by atoms with Gasteiger partial charge in [0.2, 0.25) is 0 Å². The van der Waals surface area contributed by atoms with Crippen LogP contribution in [0.3, 0.4) is 0 Å². The third-order valence-corrected chi connectivity index (χ3v) is 14.7. The number of allylic oxidation sites excluding steroid dienone is 4. The lowest BCUT2D eigenvalue weighted by Crippen LogP contribution is -2.61. The van der Waals surface area contributed by atoms with E-state index in [1.807, 2.05) is 0 Å². The van der Waals surface area contributed by atoms with E-state index in [9.17, 15) is 45.3 Å². The van der Waals surface area contributed by atoms with Crippen molar-refractivity contribution in [1.29, 1.82) is 0 Å². The van der Waals surface area contributed by atoms with Crippen LogP contribution in [-0.2, 0) is 38.0 Å². The first-order valence-corrected chi connectivity index (χ1v) is 30.4. The summed E-state index contributed by atoms with van der Waals surface area (Å²) in [5.74, 6) is -0.915. The minimum atomic E-state index is -1.76. The minimum Gasteiger partial charge on any atom is -0.462 e. The first kappa shape index (κ1) is 69.1. The van der Waals surface area contributed by atoms with Gasteiger partial charge >= 0.3 is 11.9 Å². The summed E-state index contributed by atoms with van der Waals surface area (Å²) in [7, 11) is 0. The van der Waals surface area contributed by atoms with Gasteiger partial charge in [-0.3, -0.25) is 9.59 Å². The zero-order chi connectivity index (χ0) is 54.6. The number of rotatable bonds is 49. The van der Waals surface area contributed by atoms with Gasteiger partial charge in [-0.1, -0.05) is 218 Å². The van der Waals surface area contributed by atoms with E-state index < -0.39 is 92.7 Å². The number of hydrogen-bond donors (Lipinski definition) is 7. The highest BCUT2D eigenvalue weighted by atomic mass is 16.7. The van der Waals surface area contributed by atoms with Gasteiger partial charge < -0.3 is 64.2 Å². The van der Waals surface area contributed by atoms with Crippen LogP contribution in [0.2, 0.25) is 0 Å². The molecular formula is C60H110O15. The van der Waals surface area contributed by atoms with E-state index in [2.05, 4.69) is 38.2 Å². The number of esters is 2. The highest BCUT2D eigenvalue weighted by molar-refractivity contribution is 5.70. The van der Waals surface area contributed by atoms with Crippen molar-refractivity contribution in [2.24, 2.45) is 0 Å². The predicted molar refractivity (Wildman–Crippen MR) is 294 cm³/mol. The lowest BCUT2D eigenvalue weighted by Gasteiger charge is -2.42. The summed E-state index contributed by atoms with van der Waals surface area (Å²) in [6, 6.07) is 0. The predicted octanol–water partition coefficient (Wildman–Crippen LogP) is 10.7. The Morgan fingerprint density at radius 3 is 1.24 bits per heavy atom. The molecule has 75 heavy (non-hydrogen) atoms. The van der Waals surface area contributed by atoms with Crippen molar-refractivity contribution in [3.63, 3.8) is 0 Å². The molecule has 2 aliphatic heterocycles. The number of ether oxygens (including phenoxy) is 6. The Morgan fingerprint density at radius 1 is 0.427 bits per heavy atom. The summed E-state index contributed by atoms with van der Waals surface area (Å²) in [4.78, 5) is 25.9. The van der Waals surface area contributed by atoms with Crippen molar-refractivity contribution in [2.75, 3.05) is 26.4 Å². The van der Waals surface area contributed by atoms with E-state index in [4.69, 9.17) is 28.4 Å². The number of hydrogen-bond acceptors (Lipinski definition) is 15. The molecule has 0 aliphatic carbocycles. The Morgan fingerprint density at radius 2 is 0.800 bits per heavy atom. The number of carbonyl (C=O) groups excluding carboxylic acids is 2. The van der Waals surface area contributed by atoms with E-state index in [0.29, 0.717) is 12.8 Å². The van der Waals surface area contributed by atoms with Crippen molar-refractivity contribution in [2.45, 2.75) is 319 Å². The average Bonchev–Trinajstić information content (AvgIpc) is 3.40. The molecule has 0 bridgehead atoms. The van der Waals surface area contributed by atoms with Crippen molar-refractivity contribution in [1.82, 2.24) is 0 Å². The Labute approximate surface area is 453 Å². The molecule has 11 unspecified atom stereocenters. The first-order valence-electron chi connectivity index (χ1n) is 30.4. The lowest BCUT2D eigenvalue weighted by atomic mass is 9.98. The summed E-state index contributed by atoms with van der Waals surface area (Å²) in [6.07, 6.45) is 34.8. The van der Waals surface area contributed by atoms with Crippen LogP contribution < -0.4 is 0 Å². The smallest absolute Gasteiger partial charge is 0.306 e. The highest BCUT2D eigenvalue weighted by Gasteiger charge is 2.47. The molecule has 2 fully saturated rings. The Kier molecular flexibility index (Phi) is 43.2. The topological polar surface area (TPSA) is 231 Å². The molecule has 0 radical (unpaired) electrons. The van der Waals surface area contributed by atoms with Crippen LogP contribution in [-0.4, -0.2) is 142 Å². The maximum Gasteiger partial charge on any atom is 0.306 e. The maximum atomic E-state index is 13.1. The monoisotopic (exact) mass is 1070 g/mol. The summed E-state index contributed by atoms with van der Waals surface area (Å²) in [5.41, 5.74) is 0. The molecular weight excluding hydrogens is 961 g/mol. The van der Waals surface area contributed by atoms with E-state index >= 15 is 0 Å². The number of aliphatic hydroxyl groups excluding tert-OH is 7. The maximum absolute atomic E-state index is 13.1. The van der Waals surface area contributed by atoms with Crippen LogP contribution in [0, 0.1) is 0 Å². The van der Waals surface area contributed by atoms with Crippen LogP contribution in [0.5, 0.6) is 0 Å². The number of carbonyl (C=O) groups is 2. The molecule has 15 heteroatoms. The fraction of sp³-hybridized carbons (Fsp3) is 0.900. The second-order valence-electron chi connectivity index (χ2n) is 21.5. The van der Waals surface area contributed by atoms with Gasteiger partial charge in [-0.15, -0.1) is 0 Å². The first-order chi connectivity index (χ1) is 36.5. The molecule has 0 aromatic heterocycles. The van der Waals surface area contributed by atoms with Gasteiger partial charge in [0.25, 0.3) is 0 Å². The molecule has 11 atom stereocenters. The van der Waals surface area contributed by atoms with Gasteiger partial charge in [-0.25, -0.2) is 0 Å². The molecule has 0 amide bonds. The van der Waals surface area contributed by atoms with E-state index in [-0.39, 0.29) is 26.1 Å². The van der Waals surface area contributed by atoms with Gasteiger partial charge in [0.15, 0.2) is 18.7 Å². The Bertz CT molecular complexity index is 1400. The summed E-state index contributed by atoms with van der Waals surface area (Å²) >= 11 is 0. The molecule has 2 aliphatic rings. The fourth-order valence-electron chi connectivity index (χ4n) is 9.72. The van der Waals surface area contributed by atoms with E-state index in [1.54, 1.807) is 0 Å². The molecule has 0 aromatic carbocycles. The molecule has 15 nitrogen and oxygen atoms in total. The zero-order valence-corrected chi connectivity index (χ0v) is 47.0. The van der Waals surface area contributed by atoms with Crippen LogP contribution in [0.25, 0.3) is 0 Å². The summed E-state index contributed by atoms with van der Waals surface area (Å²) < 4.78 is 33.7. The molecule has 440 valence electrons. The van der Waals surface area contributed by atoms with Gasteiger partial charge in [-0.2, -0.15) is 0 Å². The Hall–Kier alpha value is -2.02. The van der Waals surface area contributed by atoms with Crippen LogP contribution in [0.15, 0.2) is 24.3 Å². The second kappa shape index (κ2) is 46.9. The minimum absolute atomic E-state index is 0.164. The molecule has 7 N–H and O–H groups in total. The molecule has 0 saturated carbocycles. The largest absolute Gasteiger partial charge is 0.462 e. The zero-order valence-electron chi connectivity index (χ0n) is 47.0. The summed E-state index contributed by atoms with van der Waals surface area (Å²) in [5, 5.41) is 72.3. The van der Waals surface area contributed by atoms with Crippen molar-refractivity contribution < 1.29 is 73.8 Å². The van der Waals surface area contributed by atoms with Crippen LogP contribution >= 0.6 is 0 Å². The van der Waals surface area contributed by atoms with Crippen molar-refractivity contribution in [3.05, 3.63) is 24.3 Å². The normalized spacial score (nSPS) is 24.6. The quantitative estimate of drug-likeness (QED) is 0.0171. The third-order valence-electron chi connectivity index (χ3n) is 14.7. The second-order valence-corrected chi connectivity index (χ2v) is 21.5. The van der Waals surface area contributed by atoms with E-state index in [0.717, 1.165) is 57.8 Å². The SMILES string of the molecule is CCCCCCC/C=C\C/C=C\CCCCCCCCCCCC(=O)OC(COC(=O)CCCCCCCCCCCCCCCCCCCC)COC1OC(COC2OC(CO)C(O)C(O)C2O)C(O)C(O)C1O. The highest BCUT2D eigenvalue weighted by Crippen LogP contribution is 2.27. The van der Waals surface area contributed by atoms with Gasteiger partial charge in [0.05, 0.1) is 19.8 Å². The molecule has 0 aromatic rings. The van der Waals surface area contributed by atoms with E-state index in [1.165, 1.54) is 154 Å². The number of aliphatic hydroxyl groups is 7. The average molecular weight is 1070 g/mol. The summed E-state index contributed by atoms with van der Waals surface area (Å²) in [6.45, 7) is 2.63. The molecule has 0 spiro atoms. The fourth-order valence-corrected chi connectivity index (χ4v) is 9.72. The van der Waals surface area contributed by atoms with Crippen LogP contribution in [0.4, 0.5) is 0 Å².